The van der Waals surface area contributed by atoms with Gasteiger partial charge >= 0.3 is 0 Å². The Balaban J connectivity index is 2.57. The number of ether oxygens (including phenoxy) is 1. The molecule has 0 radical (unpaired) electrons. The molecule has 0 spiro atoms. The predicted octanol–water partition coefficient (Wildman–Crippen LogP) is 2.70. The van der Waals surface area contributed by atoms with Crippen molar-refractivity contribution in [3.63, 3.8) is 0 Å². The van der Waals surface area contributed by atoms with Gasteiger partial charge in [0, 0.05) is 12.6 Å². The summed E-state index contributed by atoms with van der Waals surface area (Å²) in [6.45, 7) is 10.1. The molecule has 102 valence electrons. The Hall–Kier alpha value is -1.52. The minimum absolute atomic E-state index is 0.238. The Bertz CT molecular complexity index is 374. The Morgan fingerprint density at radius 3 is 2.67 bits per heavy atom. The van der Waals surface area contributed by atoms with Gasteiger partial charge in [0.05, 0.1) is 6.61 Å². The monoisotopic (exact) mass is 252 g/mol. The van der Waals surface area contributed by atoms with Gasteiger partial charge in [-0.2, -0.15) is 9.97 Å². The molecule has 1 heterocycles. The highest BCUT2D eigenvalue weighted by molar-refractivity contribution is 5.42. The molecule has 3 N–H and O–H groups in total. The molecule has 5 nitrogen and oxygen atoms in total. The largest absolute Gasteiger partial charge is 0.477 e. The zero-order valence-corrected chi connectivity index (χ0v) is 11.8. The van der Waals surface area contributed by atoms with E-state index in [9.17, 15) is 0 Å². The van der Waals surface area contributed by atoms with Gasteiger partial charge < -0.3 is 15.8 Å². The Kier molecular flexibility index (Phi) is 5.19. The standard InChI is InChI=1S/C13H24N4O/c1-5-7-15-10-9-11(17-12(14)16-10)18-8-6-13(2,3)4/h9H,5-8H2,1-4H3,(H3,14,15,16,17). The molecule has 0 amide bonds. The van der Waals surface area contributed by atoms with Crippen LogP contribution < -0.4 is 15.8 Å². The topological polar surface area (TPSA) is 73.1 Å². The molecule has 5 heteroatoms. The molecule has 0 fully saturated rings. The first-order valence-electron chi connectivity index (χ1n) is 6.42. The fourth-order valence-corrected chi connectivity index (χ4v) is 1.32. The second-order valence-corrected chi connectivity index (χ2v) is 5.54. The molecule has 0 atom stereocenters. The van der Waals surface area contributed by atoms with E-state index in [4.69, 9.17) is 10.5 Å². The van der Waals surface area contributed by atoms with Crippen LogP contribution in [0.25, 0.3) is 0 Å². The fourth-order valence-electron chi connectivity index (χ4n) is 1.32. The molecule has 0 aliphatic carbocycles. The van der Waals surface area contributed by atoms with Crippen molar-refractivity contribution in [3.05, 3.63) is 6.07 Å². The van der Waals surface area contributed by atoms with E-state index in [0.717, 1.165) is 25.2 Å². The number of nitrogens with one attached hydrogen (secondary N) is 1. The smallest absolute Gasteiger partial charge is 0.225 e. The van der Waals surface area contributed by atoms with Crippen molar-refractivity contribution in [2.24, 2.45) is 5.41 Å². The van der Waals surface area contributed by atoms with Gasteiger partial charge in [-0.1, -0.05) is 27.7 Å². The number of aromatic nitrogens is 2. The molecule has 1 aromatic heterocycles. The van der Waals surface area contributed by atoms with Crippen molar-refractivity contribution in [2.75, 3.05) is 24.2 Å². The number of nitrogens with two attached hydrogens (primary N) is 1. The molecule has 0 aliphatic rings. The summed E-state index contributed by atoms with van der Waals surface area (Å²) in [6.07, 6.45) is 2.00. The summed E-state index contributed by atoms with van der Waals surface area (Å²) in [5.74, 6) is 1.49. The van der Waals surface area contributed by atoms with Crippen LogP contribution in [0.3, 0.4) is 0 Å². The third-order valence-corrected chi connectivity index (χ3v) is 2.38. The average Bonchev–Trinajstić information content (AvgIpc) is 2.24. The zero-order valence-electron chi connectivity index (χ0n) is 11.8. The summed E-state index contributed by atoms with van der Waals surface area (Å²) in [6, 6.07) is 1.79. The second kappa shape index (κ2) is 6.42. The van der Waals surface area contributed by atoms with Crippen LogP contribution in [-0.4, -0.2) is 23.1 Å². The van der Waals surface area contributed by atoms with Crippen molar-refractivity contribution < 1.29 is 4.74 Å². The van der Waals surface area contributed by atoms with Crippen LogP contribution >= 0.6 is 0 Å². The molecule has 1 rings (SSSR count). The zero-order chi connectivity index (χ0) is 13.6. The summed E-state index contributed by atoms with van der Waals surface area (Å²) in [7, 11) is 0. The average molecular weight is 252 g/mol. The maximum absolute atomic E-state index is 5.65. The minimum atomic E-state index is 0.238. The Morgan fingerprint density at radius 2 is 2.06 bits per heavy atom. The molecule has 0 aromatic carbocycles. The van der Waals surface area contributed by atoms with Gasteiger partial charge in [-0.25, -0.2) is 0 Å². The van der Waals surface area contributed by atoms with Crippen LogP contribution in [0.15, 0.2) is 6.07 Å². The lowest BCUT2D eigenvalue weighted by Gasteiger charge is -2.18. The lowest BCUT2D eigenvalue weighted by Crippen LogP contribution is -2.12. The highest BCUT2D eigenvalue weighted by Gasteiger charge is 2.10. The fraction of sp³-hybridized carbons (Fsp3) is 0.692. The highest BCUT2D eigenvalue weighted by Crippen LogP contribution is 2.20. The molecule has 1 aromatic rings. The Morgan fingerprint density at radius 1 is 1.33 bits per heavy atom. The molecule has 0 aliphatic heterocycles. The molecule has 18 heavy (non-hydrogen) atoms. The lowest BCUT2D eigenvalue weighted by atomic mass is 9.93. The van der Waals surface area contributed by atoms with E-state index in [1.807, 2.05) is 0 Å². The van der Waals surface area contributed by atoms with E-state index in [1.165, 1.54) is 0 Å². The first kappa shape index (κ1) is 14.5. The molecular formula is C13H24N4O. The first-order valence-corrected chi connectivity index (χ1v) is 6.42. The van der Waals surface area contributed by atoms with Gasteiger partial charge in [0.25, 0.3) is 0 Å². The van der Waals surface area contributed by atoms with Crippen molar-refractivity contribution in [3.8, 4) is 5.88 Å². The van der Waals surface area contributed by atoms with E-state index in [0.29, 0.717) is 12.5 Å². The Labute approximate surface area is 109 Å². The van der Waals surface area contributed by atoms with Crippen LogP contribution in [0, 0.1) is 5.41 Å². The van der Waals surface area contributed by atoms with Gasteiger partial charge in [0.15, 0.2) is 0 Å². The van der Waals surface area contributed by atoms with E-state index < -0.39 is 0 Å². The van der Waals surface area contributed by atoms with E-state index in [-0.39, 0.29) is 11.4 Å². The number of anilines is 2. The van der Waals surface area contributed by atoms with Crippen molar-refractivity contribution >= 4 is 11.8 Å². The van der Waals surface area contributed by atoms with Gasteiger partial charge in [0.1, 0.15) is 5.82 Å². The van der Waals surface area contributed by atoms with Crippen LogP contribution in [-0.2, 0) is 0 Å². The first-order chi connectivity index (χ1) is 8.40. The number of nitrogen functional groups attached to an aromatic ring is 1. The third-order valence-electron chi connectivity index (χ3n) is 2.38. The maximum Gasteiger partial charge on any atom is 0.225 e. The van der Waals surface area contributed by atoms with Crippen LogP contribution in [0.5, 0.6) is 5.88 Å². The van der Waals surface area contributed by atoms with Gasteiger partial charge in [0.2, 0.25) is 11.8 Å². The van der Waals surface area contributed by atoms with Crippen molar-refractivity contribution in [2.45, 2.75) is 40.5 Å². The summed E-state index contributed by atoms with van der Waals surface area (Å²) in [5, 5.41) is 3.17. The highest BCUT2D eigenvalue weighted by atomic mass is 16.5. The number of nitrogens with zero attached hydrogens (tertiary/aromatic N) is 2. The SMILES string of the molecule is CCCNc1cc(OCCC(C)(C)C)nc(N)n1. The summed E-state index contributed by atoms with van der Waals surface area (Å²) in [5.41, 5.74) is 5.90. The van der Waals surface area contributed by atoms with E-state index in [2.05, 4.69) is 43.0 Å². The van der Waals surface area contributed by atoms with Gasteiger partial charge in [-0.05, 0) is 18.3 Å². The predicted molar refractivity (Wildman–Crippen MR) is 74.8 cm³/mol. The molecule has 0 bridgehead atoms. The van der Waals surface area contributed by atoms with Crippen molar-refractivity contribution in [1.29, 1.82) is 0 Å². The van der Waals surface area contributed by atoms with Gasteiger partial charge in [-0.3, -0.25) is 0 Å². The lowest BCUT2D eigenvalue weighted by molar-refractivity contribution is 0.236. The second-order valence-electron chi connectivity index (χ2n) is 5.54. The van der Waals surface area contributed by atoms with Crippen LogP contribution in [0.4, 0.5) is 11.8 Å². The number of hydrogen-bond acceptors (Lipinski definition) is 5. The van der Waals surface area contributed by atoms with Crippen molar-refractivity contribution in [1.82, 2.24) is 9.97 Å². The summed E-state index contributed by atoms with van der Waals surface area (Å²) in [4.78, 5) is 8.17. The molecule has 0 saturated heterocycles. The molecule has 0 unspecified atom stereocenters. The van der Waals surface area contributed by atoms with Gasteiger partial charge in [-0.15, -0.1) is 0 Å². The number of hydrogen-bond donors (Lipinski definition) is 2. The van der Waals surface area contributed by atoms with Crippen LogP contribution in [0.2, 0.25) is 0 Å². The molecular weight excluding hydrogens is 228 g/mol. The summed E-state index contributed by atoms with van der Waals surface area (Å²) < 4.78 is 5.61. The van der Waals surface area contributed by atoms with E-state index in [1.54, 1.807) is 6.07 Å². The maximum atomic E-state index is 5.65. The molecule has 0 saturated carbocycles. The summed E-state index contributed by atoms with van der Waals surface area (Å²) >= 11 is 0. The van der Waals surface area contributed by atoms with Crippen LogP contribution in [0.1, 0.15) is 40.5 Å². The minimum Gasteiger partial charge on any atom is -0.477 e. The normalized spacial score (nSPS) is 11.3. The third kappa shape index (κ3) is 5.70. The number of rotatable bonds is 6. The quantitative estimate of drug-likeness (QED) is 0.814. The van der Waals surface area contributed by atoms with E-state index >= 15 is 0 Å².